The highest BCUT2D eigenvalue weighted by Crippen LogP contribution is 2.43. The third kappa shape index (κ3) is 3.41. The zero-order valence-electron chi connectivity index (χ0n) is 18.3. The van der Waals surface area contributed by atoms with Gasteiger partial charge in [-0.3, -0.25) is 4.31 Å². The van der Waals surface area contributed by atoms with Crippen LogP contribution in [0.2, 0.25) is 0 Å². The van der Waals surface area contributed by atoms with Gasteiger partial charge in [-0.25, -0.2) is 0 Å². The van der Waals surface area contributed by atoms with Crippen molar-refractivity contribution in [3.05, 3.63) is 108 Å². The molecule has 0 unspecified atom stereocenters. The second-order valence-electron chi connectivity index (χ2n) is 8.02. The molecule has 162 valence electrons. The highest BCUT2D eigenvalue weighted by molar-refractivity contribution is 7.95. The summed E-state index contributed by atoms with van der Waals surface area (Å²) in [6.45, 7) is 0. The standard InChI is InChI=1S/C28H22N2O2S/c1-31-24-9-7-18-13-22(5-3-20(18)15-24)26-11-12-27(30-28(26)17-29-33-30)23-6-4-21-16-25(32-2)10-8-19(21)14-23/h3-17,29H,1-2H3. The smallest absolute Gasteiger partial charge is 0.119 e. The first kappa shape index (κ1) is 19.8. The zero-order chi connectivity index (χ0) is 22.4. The van der Waals surface area contributed by atoms with Crippen molar-refractivity contribution in [3.63, 3.8) is 0 Å². The molecule has 5 heteroatoms. The molecule has 1 N–H and O–H groups in total. The lowest BCUT2D eigenvalue weighted by Crippen LogP contribution is -2.15. The van der Waals surface area contributed by atoms with Crippen LogP contribution >= 0.6 is 12.1 Å². The van der Waals surface area contributed by atoms with E-state index in [0.29, 0.717) is 0 Å². The number of nitrogens with zero attached hydrogens (tertiary/aromatic N) is 1. The van der Waals surface area contributed by atoms with Crippen molar-refractivity contribution in [2.75, 3.05) is 14.2 Å². The van der Waals surface area contributed by atoms with Crippen molar-refractivity contribution < 1.29 is 9.47 Å². The molecule has 4 nitrogen and oxygen atoms in total. The van der Waals surface area contributed by atoms with Gasteiger partial charge in [0.15, 0.2) is 0 Å². The molecule has 2 heterocycles. The van der Waals surface area contributed by atoms with E-state index >= 15 is 0 Å². The summed E-state index contributed by atoms with van der Waals surface area (Å²) in [7, 11) is 3.40. The minimum atomic E-state index is 0.873. The van der Waals surface area contributed by atoms with E-state index in [4.69, 9.17) is 9.47 Å². The van der Waals surface area contributed by atoms with Crippen LogP contribution in [0.1, 0.15) is 11.1 Å². The van der Waals surface area contributed by atoms with Crippen LogP contribution < -0.4 is 14.2 Å². The van der Waals surface area contributed by atoms with Gasteiger partial charge in [-0.2, -0.15) is 0 Å². The normalized spacial score (nSPS) is 15.0. The largest absolute Gasteiger partial charge is 0.497 e. The molecule has 0 spiro atoms. The Morgan fingerprint density at radius 2 is 1.21 bits per heavy atom. The maximum Gasteiger partial charge on any atom is 0.119 e. The third-order valence-corrected chi connectivity index (χ3v) is 6.96. The zero-order valence-corrected chi connectivity index (χ0v) is 19.1. The number of hydrogen-bond donors (Lipinski definition) is 1. The Balaban J connectivity index is 1.41. The Morgan fingerprint density at radius 3 is 1.88 bits per heavy atom. The molecule has 4 aromatic carbocycles. The van der Waals surface area contributed by atoms with Gasteiger partial charge in [0.1, 0.15) is 11.5 Å². The fourth-order valence-electron chi connectivity index (χ4n) is 4.41. The number of ether oxygens (including phenoxy) is 2. The first-order chi connectivity index (χ1) is 16.2. The van der Waals surface area contributed by atoms with Gasteiger partial charge in [0, 0.05) is 11.8 Å². The van der Waals surface area contributed by atoms with Crippen molar-refractivity contribution in [1.29, 1.82) is 0 Å². The molecule has 0 amide bonds. The third-order valence-electron chi connectivity index (χ3n) is 6.16. The summed E-state index contributed by atoms with van der Waals surface area (Å²) in [5, 5.41) is 4.72. The molecule has 0 aliphatic carbocycles. The minimum Gasteiger partial charge on any atom is -0.497 e. The minimum absolute atomic E-state index is 0.873. The molecule has 0 fully saturated rings. The van der Waals surface area contributed by atoms with Gasteiger partial charge in [0.2, 0.25) is 0 Å². The Bertz CT molecular complexity index is 1500. The van der Waals surface area contributed by atoms with Crippen LogP contribution in [0.25, 0.3) is 32.8 Å². The monoisotopic (exact) mass is 450 g/mol. The lowest BCUT2D eigenvalue weighted by molar-refractivity contribution is 0.415. The number of hydrogen-bond acceptors (Lipinski definition) is 5. The van der Waals surface area contributed by atoms with E-state index < -0.39 is 0 Å². The van der Waals surface area contributed by atoms with E-state index in [0.717, 1.165) is 22.9 Å². The van der Waals surface area contributed by atoms with Gasteiger partial charge in [-0.15, -0.1) is 0 Å². The van der Waals surface area contributed by atoms with E-state index in [1.807, 2.05) is 12.1 Å². The molecular weight excluding hydrogens is 428 g/mol. The highest BCUT2D eigenvalue weighted by Gasteiger charge is 2.28. The average molecular weight is 451 g/mol. The summed E-state index contributed by atoms with van der Waals surface area (Å²) in [4.78, 5) is 0. The van der Waals surface area contributed by atoms with Crippen molar-refractivity contribution in [1.82, 2.24) is 9.03 Å². The molecule has 0 saturated carbocycles. The van der Waals surface area contributed by atoms with Gasteiger partial charge < -0.3 is 14.2 Å². The first-order valence-corrected chi connectivity index (χ1v) is 11.5. The number of allylic oxidation sites excluding steroid dienone is 3. The summed E-state index contributed by atoms with van der Waals surface area (Å²) in [5.41, 5.74) is 5.87. The number of fused-ring (bicyclic) bond motifs is 3. The molecule has 0 atom stereocenters. The van der Waals surface area contributed by atoms with Gasteiger partial charge in [0.05, 0.1) is 37.7 Å². The predicted molar refractivity (Wildman–Crippen MR) is 138 cm³/mol. The number of methoxy groups -OCH3 is 2. The molecule has 2 aliphatic rings. The molecule has 0 bridgehead atoms. The van der Waals surface area contributed by atoms with E-state index in [-0.39, 0.29) is 0 Å². The first-order valence-electron chi connectivity index (χ1n) is 10.7. The molecule has 0 radical (unpaired) electrons. The van der Waals surface area contributed by atoms with Gasteiger partial charge >= 0.3 is 0 Å². The molecule has 0 aromatic heterocycles. The van der Waals surface area contributed by atoms with E-state index in [1.165, 1.54) is 38.2 Å². The summed E-state index contributed by atoms with van der Waals surface area (Å²) in [6, 6.07) is 25.5. The van der Waals surface area contributed by atoms with Crippen molar-refractivity contribution in [3.8, 4) is 11.5 Å². The molecule has 2 aliphatic heterocycles. The van der Waals surface area contributed by atoms with Gasteiger partial charge in [-0.05, 0) is 75.1 Å². The van der Waals surface area contributed by atoms with Gasteiger partial charge in [-0.1, -0.05) is 42.5 Å². The summed E-state index contributed by atoms with van der Waals surface area (Å²) >= 11 is 1.59. The van der Waals surface area contributed by atoms with E-state index in [2.05, 4.69) is 88.0 Å². The topological polar surface area (TPSA) is 33.7 Å². The maximum absolute atomic E-state index is 5.37. The van der Waals surface area contributed by atoms with Crippen LogP contribution in [-0.4, -0.2) is 18.5 Å². The summed E-state index contributed by atoms with van der Waals surface area (Å²) < 4.78 is 16.3. The van der Waals surface area contributed by atoms with Crippen molar-refractivity contribution >= 4 is 44.9 Å². The van der Waals surface area contributed by atoms with E-state index in [1.54, 1.807) is 26.4 Å². The fraction of sp³-hybridized carbons (Fsp3) is 0.0714. The quantitative estimate of drug-likeness (QED) is 0.348. The fourth-order valence-corrected chi connectivity index (χ4v) is 5.19. The Kier molecular flexibility index (Phi) is 4.77. The second kappa shape index (κ2) is 7.94. The maximum atomic E-state index is 5.37. The van der Waals surface area contributed by atoms with Crippen LogP contribution in [0.5, 0.6) is 11.5 Å². The van der Waals surface area contributed by atoms with Crippen LogP contribution in [0, 0.1) is 0 Å². The molecule has 33 heavy (non-hydrogen) atoms. The number of nitrogens with one attached hydrogen (secondary N) is 1. The predicted octanol–water partition coefficient (Wildman–Crippen LogP) is 6.76. The van der Waals surface area contributed by atoms with Crippen LogP contribution in [0.4, 0.5) is 0 Å². The molecular formula is C28H22N2O2S. The molecule has 6 rings (SSSR count). The Labute approximate surface area is 197 Å². The van der Waals surface area contributed by atoms with E-state index in [9.17, 15) is 0 Å². The summed E-state index contributed by atoms with van der Waals surface area (Å²) in [6.07, 6.45) is 6.50. The SMILES string of the molecule is COc1ccc2cc(C3=CC=C(c4ccc5cc(OC)ccc5c4)N4SNC=C34)ccc2c1. The Morgan fingerprint density at radius 1 is 0.636 bits per heavy atom. The average Bonchev–Trinajstić information content (AvgIpc) is 3.37. The second-order valence-corrected chi connectivity index (χ2v) is 8.80. The van der Waals surface area contributed by atoms with Crippen molar-refractivity contribution in [2.45, 2.75) is 0 Å². The summed E-state index contributed by atoms with van der Waals surface area (Å²) in [5.74, 6) is 1.75. The van der Waals surface area contributed by atoms with Crippen LogP contribution in [0.3, 0.4) is 0 Å². The van der Waals surface area contributed by atoms with Crippen LogP contribution in [-0.2, 0) is 0 Å². The number of rotatable bonds is 4. The highest BCUT2D eigenvalue weighted by atomic mass is 32.2. The molecule has 4 aromatic rings. The van der Waals surface area contributed by atoms with Crippen LogP contribution in [0.15, 0.2) is 96.8 Å². The lowest BCUT2D eigenvalue weighted by Gasteiger charge is -2.27. The van der Waals surface area contributed by atoms with Crippen molar-refractivity contribution in [2.24, 2.45) is 0 Å². The van der Waals surface area contributed by atoms with Gasteiger partial charge in [0.25, 0.3) is 0 Å². The molecule has 0 saturated heterocycles. The lowest BCUT2D eigenvalue weighted by atomic mass is 9.95. The Hall–Kier alpha value is -3.83. The number of benzene rings is 4.